The van der Waals surface area contributed by atoms with E-state index in [1.54, 1.807) is 0 Å². The third kappa shape index (κ3) is 2.00. The van der Waals surface area contributed by atoms with E-state index in [9.17, 15) is 0 Å². The van der Waals surface area contributed by atoms with Gasteiger partial charge in [-0.25, -0.2) is 0 Å². The summed E-state index contributed by atoms with van der Waals surface area (Å²) in [6, 6.07) is 7.93. The molecule has 0 saturated carbocycles. The van der Waals surface area contributed by atoms with E-state index in [4.69, 9.17) is 15.0 Å². The summed E-state index contributed by atoms with van der Waals surface area (Å²) in [5.41, 5.74) is 6.64. The minimum Gasteiger partial charge on any atom is -0.492 e. The summed E-state index contributed by atoms with van der Waals surface area (Å²) in [5, 5.41) is 4.07. The summed E-state index contributed by atoms with van der Waals surface area (Å²) in [6.07, 6.45) is 0.742. The van der Waals surface area contributed by atoms with E-state index in [1.807, 2.05) is 38.1 Å². The SMILES string of the molecule is CCC(C)(N)c1nc(C2COc3ccccc32)no1. The van der Waals surface area contributed by atoms with Crippen molar-refractivity contribution in [3.63, 3.8) is 0 Å². The first-order valence-corrected chi connectivity index (χ1v) is 6.46. The van der Waals surface area contributed by atoms with Gasteiger partial charge in [0.2, 0.25) is 5.89 Å². The van der Waals surface area contributed by atoms with Crippen LogP contribution in [0.2, 0.25) is 0 Å². The van der Waals surface area contributed by atoms with Gasteiger partial charge in [0.1, 0.15) is 12.4 Å². The molecule has 3 rings (SSSR count). The molecule has 1 aliphatic rings. The second kappa shape index (κ2) is 4.35. The molecule has 5 nitrogen and oxygen atoms in total. The van der Waals surface area contributed by atoms with Crippen molar-refractivity contribution >= 4 is 0 Å². The minimum absolute atomic E-state index is 0.0290. The molecular weight excluding hydrogens is 242 g/mol. The molecule has 1 aromatic heterocycles. The Morgan fingerprint density at radius 2 is 2.21 bits per heavy atom. The molecule has 0 spiro atoms. The maximum atomic E-state index is 6.12. The third-order valence-electron chi connectivity index (χ3n) is 3.68. The summed E-state index contributed by atoms with van der Waals surface area (Å²) in [6.45, 7) is 4.44. The molecule has 0 bridgehead atoms. The summed E-state index contributed by atoms with van der Waals surface area (Å²) in [7, 11) is 0. The molecular formula is C14H17N3O2. The summed E-state index contributed by atoms with van der Waals surface area (Å²) >= 11 is 0. The van der Waals surface area contributed by atoms with Gasteiger partial charge < -0.3 is 15.0 Å². The Morgan fingerprint density at radius 1 is 1.42 bits per heavy atom. The fourth-order valence-corrected chi connectivity index (χ4v) is 2.14. The van der Waals surface area contributed by atoms with Crippen molar-refractivity contribution in [3.05, 3.63) is 41.5 Å². The number of ether oxygens (including phenoxy) is 1. The van der Waals surface area contributed by atoms with Crippen LogP contribution >= 0.6 is 0 Å². The standard InChI is InChI=1S/C14H17N3O2/c1-3-14(2,15)13-16-12(17-19-13)10-8-18-11-7-5-4-6-9(10)11/h4-7,10H,3,8,15H2,1-2H3. The van der Waals surface area contributed by atoms with Crippen LogP contribution in [0.1, 0.15) is 43.5 Å². The van der Waals surface area contributed by atoms with E-state index in [0.717, 1.165) is 17.7 Å². The molecule has 5 heteroatoms. The van der Waals surface area contributed by atoms with Crippen LogP contribution in [0.3, 0.4) is 0 Å². The normalized spacial score (nSPS) is 20.7. The van der Waals surface area contributed by atoms with Gasteiger partial charge in [-0.3, -0.25) is 0 Å². The van der Waals surface area contributed by atoms with Crippen molar-refractivity contribution in [1.29, 1.82) is 0 Å². The van der Waals surface area contributed by atoms with Crippen molar-refractivity contribution in [2.24, 2.45) is 5.73 Å². The number of para-hydroxylation sites is 1. The van der Waals surface area contributed by atoms with Crippen molar-refractivity contribution in [2.75, 3.05) is 6.61 Å². The lowest BCUT2D eigenvalue weighted by Gasteiger charge is -2.16. The van der Waals surface area contributed by atoms with Gasteiger partial charge in [0.15, 0.2) is 5.82 Å². The summed E-state index contributed by atoms with van der Waals surface area (Å²) in [4.78, 5) is 4.45. The lowest BCUT2D eigenvalue weighted by Crippen LogP contribution is -2.32. The monoisotopic (exact) mass is 259 g/mol. The van der Waals surface area contributed by atoms with Crippen molar-refractivity contribution < 1.29 is 9.26 Å². The molecule has 0 amide bonds. The summed E-state index contributed by atoms with van der Waals surface area (Å²) < 4.78 is 10.9. The first-order valence-electron chi connectivity index (χ1n) is 6.46. The van der Waals surface area contributed by atoms with Gasteiger partial charge in [0.05, 0.1) is 11.5 Å². The highest BCUT2D eigenvalue weighted by Gasteiger charge is 2.32. The molecule has 1 aromatic carbocycles. The maximum absolute atomic E-state index is 6.12. The first-order chi connectivity index (χ1) is 9.12. The zero-order valence-corrected chi connectivity index (χ0v) is 11.1. The highest BCUT2D eigenvalue weighted by molar-refractivity contribution is 5.42. The Kier molecular flexibility index (Phi) is 2.78. The Bertz CT molecular complexity index is 592. The van der Waals surface area contributed by atoms with Gasteiger partial charge in [-0.15, -0.1) is 0 Å². The highest BCUT2D eigenvalue weighted by Crippen LogP contribution is 2.37. The van der Waals surface area contributed by atoms with E-state index < -0.39 is 5.54 Å². The average molecular weight is 259 g/mol. The smallest absolute Gasteiger partial charge is 0.246 e. The van der Waals surface area contributed by atoms with Crippen LogP contribution in [-0.2, 0) is 5.54 Å². The predicted octanol–water partition coefficient (Wildman–Crippen LogP) is 2.18. The highest BCUT2D eigenvalue weighted by atomic mass is 16.5. The Hall–Kier alpha value is -1.88. The number of nitrogens with two attached hydrogens (primary N) is 1. The van der Waals surface area contributed by atoms with Crippen molar-refractivity contribution in [3.8, 4) is 5.75 Å². The molecule has 1 aliphatic heterocycles. The van der Waals surface area contributed by atoms with Crippen LogP contribution in [0.5, 0.6) is 5.75 Å². The Balaban J connectivity index is 1.93. The van der Waals surface area contributed by atoms with E-state index in [0.29, 0.717) is 18.3 Å². The number of aromatic nitrogens is 2. The van der Waals surface area contributed by atoms with Crippen LogP contribution < -0.4 is 10.5 Å². The largest absolute Gasteiger partial charge is 0.492 e. The number of rotatable bonds is 3. The minimum atomic E-state index is -0.579. The van der Waals surface area contributed by atoms with Crippen LogP contribution in [-0.4, -0.2) is 16.7 Å². The lowest BCUT2D eigenvalue weighted by molar-refractivity contribution is 0.287. The molecule has 2 N–H and O–H groups in total. The van der Waals surface area contributed by atoms with Crippen LogP contribution in [0, 0.1) is 0 Å². The number of benzene rings is 1. The predicted molar refractivity (Wildman–Crippen MR) is 69.9 cm³/mol. The fourth-order valence-electron chi connectivity index (χ4n) is 2.14. The molecule has 0 saturated heterocycles. The van der Waals surface area contributed by atoms with E-state index in [-0.39, 0.29) is 5.92 Å². The number of hydrogen-bond donors (Lipinski definition) is 1. The maximum Gasteiger partial charge on any atom is 0.246 e. The van der Waals surface area contributed by atoms with Gasteiger partial charge in [0, 0.05) is 5.56 Å². The zero-order valence-electron chi connectivity index (χ0n) is 11.1. The molecule has 0 radical (unpaired) electrons. The molecule has 19 heavy (non-hydrogen) atoms. The molecule has 2 atom stereocenters. The molecule has 2 aromatic rings. The third-order valence-corrected chi connectivity index (χ3v) is 3.68. The summed E-state index contributed by atoms with van der Waals surface area (Å²) in [5.74, 6) is 2.05. The van der Waals surface area contributed by atoms with E-state index in [2.05, 4.69) is 10.1 Å². The van der Waals surface area contributed by atoms with Crippen molar-refractivity contribution in [1.82, 2.24) is 10.1 Å². The van der Waals surface area contributed by atoms with Gasteiger partial charge in [0.25, 0.3) is 0 Å². The molecule has 2 unspecified atom stereocenters. The van der Waals surface area contributed by atoms with Gasteiger partial charge in [-0.2, -0.15) is 4.98 Å². The number of fused-ring (bicyclic) bond motifs is 1. The lowest BCUT2D eigenvalue weighted by atomic mass is 9.99. The first kappa shape index (κ1) is 12.2. The molecule has 2 heterocycles. The van der Waals surface area contributed by atoms with E-state index >= 15 is 0 Å². The topological polar surface area (TPSA) is 74.2 Å². The Morgan fingerprint density at radius 3 is 3.00 bits per heavy atom. The van der Waals surface area contributed by atoms with Gasteiger partial charge in [-0.05, 0) is 19.4 Å². The Labute approximate surface area is 111 Å². The quantitative estimate of drug-likeness (QED) is 0.914. The molecule has 100 valence electrons. The van der Waals surface area contributed by atoms with Crippen LogP contribution in [0.4, 0.5) is 0 Å². The van der Waals surface area contributed by atoms with Gasteiger partial charge in [-0.1, -0.05) is 30.3 Å². The average Bonchev–Trinajstić information content (AvgIpc) is 3.05. The van der Waals surface area contributed by atoms with Crippen LogP contribution in [0.15, 0.2) is 28.8 Å². The van der Waals surface area contributed by atoms with Crippen molar-refractivity contribution in [2.45, 2.75) is 31.7 Å². The zero-order chi connectivity index (χ0) is 13.5. The van der Waals surface area contributed by atoms with E-state index in [1.165, 1.54) is 0 Å². The molecule has 0 fully saturated rings. The molecule has 0 aliphatic carbocycles. The second-order valence-electron chi connectivity index (χ2n) is 5.13. The number of nitrogens with zero attached hydrogens (tertiary/aromatic N) is 2. The number of hydrogen-bond acceptors (Lipinski definition) is 5. The fraction of sp³-hybridized carbons (Fsp3) is 0.429. The second-order valence-corrected chi connectivity index (χ2v) is 5.13. The van der Waals surface area contributed by atoms with Crippen LogP contribution in [0.25, 0.3) is 0 Å². The van der Waals surface area contributed by atoms with Gasteiger partial charge >= 0.3 is 0 Å².